The second-order valence-corrected chi connectivity index (χ2v) is 5.36. The third kappa shape index (κ3) is 2.43. The number of likely N-dealkylation sites (tertiary alicyclic amines) is 1. The predicted molar refractivity (Wildman–Crippen MR) is 48.2 cm³/mol. The van der Waals surface area contributed by atoms with Gasteiger partial charge in [-0.3, -0.25) is 4.90 Å². The maximum Gasteiger partial charge on any atom is 0.210 e. The number of nitrogens with zero attached hydrogens (tertiary/aromatic N) is 1. The van der Waals surface area contributed by atoms with E-state index in [0.717, 1.165) is 13.0 Å². The van der Waals surface area contributed by atoms with Crippen LogP contribution in [0.4, 0.5) is 0 Å². The molecule has 1 fully saturated rings. The molecule has 1 saturated heterocycles. The zero-order valence-electron chi connectivity index (χ0n) is 7.74. The van der Waals surface area contributed by atoms with Crippen LogP contribution < -0.4 is 4.72 Å². The van der Waals surface area contributed by atoms with Crippen LogP contribution in [0.3, 0.4) is 0 Å². The highest BCUT2D eigenvalue weighted by Gasteiger charge is 2.30. The van der Waals surface area contributed by atoms with Gasteiger partial charge in [0.1, 0.15) is 0 Å². The van der Waals surface area contributed by atoms with Crippen molar-refractivity contribution in [3.8, 4) is 0 Å². The molecule has 0 aromatic rings. The molecule has 2 unspecified atom stereocenters. The van der Waals surface area contributed by atoms with Gasteiger partial charge in [0, 0.05) is 0 Å². The minimum absolute atomic E-state index is 0.0139. The van der Waals surface area contributed by atoms with Crippen molar-refractivity contribution < 1.29 is 8.42 Å². The predicted octanol–water partition coefficient (Wildman–Crippen LogP) is -0.167. The van der Waals surface area contributed by atoms with Crippen molar-refractivity contribution >= 4 is 10.0 Å². The van der Waals surface area contributed by atoms with E-state index in [4.69, 9.17) is 0 Å². The SMILES string of the molecule is CC1CCN(C)C1NS(C)(=O)=O. The van der Waals surface area contributed by atoms with Gasteiger partial charge in [0.2, 0.25) is 10.0 Å². The van der Waals surface area contributed by atoms with Crippen LogP contribution in [0.5, 0.6) is 0 Å². The van der Waals surface area contributed by atoms with Crippen LogP contribution in [0.25, 0.3) is 0 Å². The number of nitrogens with one attached hydrogen (secondary N) is 1. The lowest BCUT2D eigenvalue weighted by Gasteiger charge is -2.22. The molecule has 72 valence electrons. The van der Waals surface area contributed by atoms with Gasteiger partial charge in [-0.25, -0.2) is 8.42 Å². The molecule has 5 heteroatoms. The number of sulfonamides is 1. The van der Waals surface area contributed by atoms with Gasteiger partial charge in [-0.15, -0.1) is 0 Å². The van der Waals surface area contributed by atoms with E-state index >= 15 is 0 Å². The molecule has 0 radical (unpaired) electrons. The highest BCUT2D eigenvalue weighted by molar-refractivity contribution is 7.88. The molecule has 0 aromatic carbocycles. The van der Waals surface area contributed by atoms with Gasteiger partial charge in [-0.1, -0.05) is 6.92 Å². The second kappa shape index (κ2) is 3.32. The van der Waals surface area contributed by atoms with E-state index in [9.17, 15) is 8.42 Å². The van der Waals surface area contributed by atoms with E-state index in [0.29, 0.717) is 5.92 Å². The molecule has 0 aliphatic carbocycles. The molecule has 1 rings (SSSR count). The van der Waals surface area contributed by atoms with Crippen molar-refractivity contribution in [3.05, 3.63) is 0 Å². The normalized spacial score (nSPS) is 32.6. The first-order valence-electron chi connectivity index (χ1n) is 4.07. The molecule has 0 saturated carbocycles. The largest absolute Gasteiger partial charge is 0.290 e. The van der Waals surface area contributed by atoms with E-state index in [2.05, 4.69) is 11.6 Å². The van der Waals surface area contributed by atoms with Crippen molar-refractivity contribution in [2.45, 2.75) is 19.5 Å². The summed E-state index contributed by atoms with van der Waals surface area (Å²) in [5.41, 5.74) is 0. The van der Waals surface area contributed by atoms with Crippen molar-refractivity contribution in [1.82, 2.24) is 9.62 Å². The fraction of sp³-hybridized carbons (Fsp3) is 1.00. The molecule has 4 nitrogen and oxygen atoms in total. The van der Waals surface area contributed by atoms with Crippen molar-refractivity contribution in [2.24, 2.45) is 5.92 Å². The topological polar surface area (TPSA) is 49.4 Å². The van der Waals surface area contributed by atoms with Crippen LogP contribution in [0.1, 0.15) is 13.3 Å². The Labute approximate surface area is 74.0 Å². The standard InChI is InChI=1S/C7H16N2O2S/c1-6-4-5-9(2)7(6)8-12(3,10)11/h6-8H,4-5H2,1-3H3. The molecular weight excluding hydrogens is 176 g/mol. The summed E-state index contributed by atoms with van der Waals surface area (Å²) in [7, 11) is -1.13. The molecule has 1 heterocycles. The van der Waals surface area contributed by atoms with E-state index < -0.39 is 10.0 Å². The molecule has 0 bridgehead atoms. The Kier molecular flexibility index (Phi) is 2.75. The third-order valence-electron chi connectivity index (χ3n) is 2.29. The van der Waals surface area contributed by atoms with Gasteiger partial charge in [-0.2, -0.15) is 4.72 Å². The summed E-state index contributed by atoms with van der Waals surface area (Å²) >= 11 is 0. The fourth-order valence-corrected chi connectivity index (χ4v) is 2.42. The van der Waals surface area contributed by atoms with Gasteiger partial charge in [-0.05, 0) is 25.9 Å². The Hall–Kier alpha value is -0.130. The average Bonchev–Trinajstić information content (AvgIpc) is 2.16. The lowest BCUT2D eigenvalue weighted by Crippen LogP contribution is -2.44. The lowest BCUT2D eigenvalue weighted by molar-refractivity contribution is 0.265. The molecular formula is C7H16N2O2S. The average molecular weight is 192 g/mol. The molecule has 1 aliphatic rings. The first kappa shape index (κ1) is 9.95. The highest BCUT2D eigenvalue weighted by Crippen LogP contribution is 2.20. The molecule has 2 atom stereocenters. The zero-order valence-corrected chi connectivity index (χ0v) is 8.56. The lowest BCUT2D eigenvalue weighted by atomic mass is 10.1. The first-order valence-corrected chi connectivity index (χ1v) is 5.97. The Balaban J connectivity index is 2.62. The van der Waals surface area contributed by atoms with Gasteiger partial charge >= 0.3 is 0 Å². The van der Waals surface area contributed by atoms with Gasteiger partial charge < -0.3 is 0 Å². The van der Waals surface area contributed by atoms with E-state index in [-0.39, 0.29) is 6.17 Å². The number of rotatable bonds is 2. The van der Waals surface area contributed by atoms with E-state index in [1.54, 1.807) is 0 Å². The summed E-state index contributed by atoms with van der Waals surface area (Å²) in [5, 5.41) is 0. The first-order chi connectivity index (χ1) is 5.40. The molecule has 0 aromatic heterocycles. The number of hydrogen-bond acceptors (Lipinski definition) is 3. The quantitative estimate of drug-likeness (QED) is 0.661. The van der Waals surface area contributed by atoms with Gasteiger partial charge in [0.05, 0.1) is 12.4 Å². The minimum Gasteiger partial charge on any atom is -0.290 e. The summed E-state index contributed by atoms with van der Waals surface area (Å²) in [4.78, 5) is 2.03. The van der Waals surface area contributed by atoms with Gasteiger partial charge in [0.25, 0.3) is 0 Å². The maximum absolute atomic E-state index is 10.9. The smallest absolute Gasteiger partial charge is 0.210 e. The Morgan fingerprint density at radius 3 is 2.42 bits per heavy atom. The minimum atomic E-state index is -3.07. The Morgan fingerprint density at radius 1 is 1.50 bits per heavy atom. The molecule has 0 amide bonds. The van der Waals surface area contributed by atoms with E-state index in [1.807, 2.05) is 11.9 Å². The van der Waals surface area contributed by atoms with Crippen LogP contribution >= 0.6 is 0 Å². The van der Waals surface area contributed by atoms with Crippen LogP contribution in [0.15, 0.2) is 0 Å². The third-order valence-corrected chi connectivity index (χ3v) is 2.96. The van der Waals surface area contributed by atoms with Crippen molar-refractivity contribution in [1.29, 1.82) is 0 Å². The fourth-order valence-electron chi connectivity index (χ4n) is 1.56. The molecule has 0 spiro atoms. The molecule has 1 aliphatic heterocycles. The van der Waals surface area contributed by atoms with E-state index in [1.165, 1.54) is 6.26 Å². The summed E-state index contributed by atoms with van der Waals surface area (Å²) in [6.07, 6.45) is 2.25. The monoisotopic (exact) mass is 192 g/mol. The van der Waals surface area contributed by atoms with Crippen molar-refractivity contribution in [3.63, 3.8) is 0 Å². The zero-order chi connectivity index (χ0) is 9.35. The Morgan fingerprint density at radius 2 is 2.08 bits per heavy atom. The van der Waals surface area contributed by atoms with Crippen LogP contribution in [-0.4, -0.2) is 39.3 Å². The summed E-state index contributed by atoms with van der Waals surface area (Å²) in [5.74, 6) is 0.407. The van der Waals surface area contributed by atoms with Crippen LogP contribution in [0.2, 0.25) is 0 Å². The molecule has 12 heavy (non-hydrogen) atoms. The summed E-state index contributed by atoms with van der Waals surface area (Å²) < 4.78 is 24.5. The number of hydrogen-bond donors (Lipinski definition) is 1. The second-order valence-electron chi connectivity index (χ2n) is 3.58. The van der Waals surface area contributed by atoms with Crippen molar-refractivity contribution in [2.75, 3.05) is 19.8 Å². The van der Waals surface area contributed by atoms with Gasteiger partial charge in [0.15, 0.2) is 0 Å². The van der Waals surface area contributed by atoms with Crippen LogP contribution in [-0.2, 0) is 10.0 Å². The Bertz CT molecular complexity index is 240. The summed E-state index contributed by atoms with van der Waals surface area (Å²) in [6.45, 7) is 3.03. The van der Waals surface area contributed by atoms with Crippen LogP contribution in [0, 0.1) is 5.92 Å². The summed E-state index contributed by atoms with van der Waals surface area (Å²) in [6, 6.07) is 0. The highest BCUT2D eigenvalue weighted by atomic mass is 32.2. The maximum atomic E-state index is 10.9. The molecule has 1 N–H and O–H groups in total.